The van der Waals surface area contributed by atoms with Crippen LogP contribution in [0.2, 0.25) is 15.1 Å². The van der Waals surface area contributed by atoms with Crippen molar-refractivity contribution in [2.75, 3.05) is 5.32 Å². The van der Waals surface area contributed by atoms with E-state index in [0.29, 0.717) is 34.0 Å². The zero-order valence-corrected chi connectivity index (χ0v) is 17.1. The molecule has 0 spiro atoms. The van der Waals surface area contributed by atoms with Crippen molar-refractivity contribution in [2.45, 2.75) is 33.4 Å². The zero-order valence-electron chi connectivity index (χ0n) is 14.8. The van der Waals surface area contributed by atoms with Crippen molar-refractivity contribution in [3.63, 3.8) is 0 Å². The highest BCUT2D eigenvalue weighted by atomic mass is 35.5. The Morgan fingerprint density at radius 3 is 2.52 bits per heavy atom. The lowest BCUT2D eigenvalue weighted by atomic mass is 10.2. The van der Waals surface area contributed by atoms with Crippen molar-refractivity contribution in [1.29, 1.82) is 0 Å². The number of halogens is 3. The second kappa shape index (κ2) is 8.33. The first-order chi connectivity index (χ1) is 12.8. The van der Waals surface area contributed by atoms with E-state index < -0.39 is 0 Å². The smallest absolute Gasteiger partial charge is 0.227 e. The Bertz CT molecular complexity index is 980. The fourth-order valence-electron chi connectivity index (χ4n) is 2.66. The average molecular weight is 427 g/mol. The number of nitrogens with zero attached hydrogens (tertiary/aromatic N) is 4. The van der Waals surface area contributed by atoms with E-state index in [1.54, 1.807) is 15.6 Å². The molecule has 0 saturated carbocycles. The number of aryl methyl sites for hydroxylation is 2. The van der Waals surface area contributed by atoms with Gasteiger partial charge in [-0.25, -0.2) is 0 Å². The first-order valence-corrected chi connectivity index (χ1v) is 9.44. The molecule has 1 N–H and O–H groups in total. The van der Waals surface area contributed by atoms with Gasteiger partial charge in [0.15, 0.2) is 5.82 Å². The number of hydrogen-bond donors (Lipinski definition) is 1. The molecule has 1 aromatic carbocycles. The van der Waals surface area contributed by atoms with Gasteiger partial charge in [-0.2, -0.15) is 10.2 Å². The third-order valence-electron chi connectivity index (χ3n) is 4.11. The number of aromatic nitrogens is 4. The van der Waals surface area contributed by atoms with Gasteiger partial charge in [0, 0.05) is 17.6 Å². The van der Waals surface area contributed by atoms with Crippen molar-refractivity contribution >= 4 is 46.5 Å². The number of carbonyl (C=O) groups excluding carboxylic acids is 1. The molecule has 6 nitrogen and oxygen atoms in total. The number of nitrogens with one attached hydrogen (secondary N) is 1. The van der Waals surface area contributed by atoms with Crippen LogP contribution in [0, 0.1) is 13.8 Å². The molecule has 0 saturated heterocycles. The molecule has 0 atom stereocenters. The summed E-state index contributed by atoms with van der Waals surface area (Å²) in [4.78, 5) is 12.2. The van der Waals surface area contributed by atoms with E-state index in [0.717, 1.165) is 17.0 Å². The van der Waals surface area contributed by atoms with Gasteiger partial charge in [0.05, 0.1) is 29.5 Å². The van der Waals surface area contributed by atoms with Crippen LogP contribution in [-0.2, 0) is 17.9 Å². The van der Waals surface area contributed by atoms with Gasteiger partial charge < -0.3 is 5.32 Å². The van der Waals surface area contributed by atoms with Gasteiger partial charge in [-0.1, -0.05) is 53.0 Å². The summed E-state index contributed by atoms with van der Waals surface area (Å²) in [5, 5.41) is 13.0. The number of rotatable bonds is 6. The van der Waals surface area contributed by atoms with Crippen LogP contribution in [-0.4, -0.2) is 25.5 Å². The predicted molar refractivity (Wildman–Crippen MR) is 108 cm³/mol. The van der Waals surface area contributed by atoms with Crippen molar-refractivity contribution in [2.24, 2.45) is 0 Å². The second-order valence-corrected chi connectivity index (χ2v) is 7.31. The molecule has 3 rings (SSSR count). The maximum absolute atomic E-state index is 12.2. The van der Waals surface area contributed by atoms with E-state index in [4.69, 9.17) is 34.8 Å². The van der Waals surface area contributed by atoms with Crippen molar-refractivity contribution < 1.29 is 4.79 Å². The molecule has 0 fully saturated rings. The van der Waals surface area contributed by atoms with Crippen LogP contribution in [0.4, 0.5) is 5.82 Å². The lowest BCUT2D eigenvalue weighted by molar-refractivity contribution is -0.116. The van der Waals surface area contributed by atoms with Gasteiger partial charge in [0.1, 0.15) is 5.02 Å². The Labute approximate surface area is 172 Å². The Hall–Kier alpha value is -2.02. The third-order valence-corrected chi connectivity index (χ3v) is 5.30. The highest BCUT2D eigenvalue weighted by molar-refractivity contribution is 6.33. The maximum atomic E-state index is 12.2. The maximum Gasteiger partial charge on any atom is 0.227 e. The molecule has 3 aromatic rings. The van der Waals surface area contributed by atoms with Gasteiger partial charge in [0.25, 0.3) is 0 Å². The number of benzene rings is 1. The van der Waals surface area contributed by atoms with E-state index >= 15 is 0 Å². The fraction of sp³-hybridized carbons (Fsp3) is 0.278. The molecule has 27 heavy (non-hydrogen) atoms. The Balaban J connectivity index is 1.62. The topological polar surface area (TPSA) is 64.7 Å². The molecule has 142 valence electrons. The Morgan fingerprint density at radius 1 is 1.11 bits per heavy atom. The molecule has 0 bridgehead atoms. The molecule has 0 aliphatic carbocycles. The Kier molecular flexibility index (Phi) is 6.09. The number of carbonyl (C=O) groups is 1. The first kappa shape index (κ1) is 19.7. The largest absolute Gasteiger partial charge is 0.308 e. The normalized spacial score (nSPS) is 11.0. The van der Waals surface area contributed by atoms with Gasteiger partial charge in [-0.05, 0) is 25.5 Å². The van der Waals surface area contributed by atoms with Crippen LogP contribution in [0.25, 0.3) is 0 Å². The van der Waals surface area contributed by atoms with Crippen LogP contribution in [0.15, 0.2) is 30.5 Å². The minimum absolute atomic E-state index is 0.205. The van der Waals surface area contributed by atoms with Crippen LogP contribution in [0.3, 0.4) is 0 Å². The minimum Gasteiger partial charge on any atom is -0.308 e. The lowest BCUT2D eigenvalue weighted by Gasteiger charge is -2.06. The molecule has 2 aromatic heterocycles. The molecule has 1 amide bonds. The zero-order chi connectivity index (χ0) is 19.6. The van der Waals surface area contributed by atoms with Crippen molar-refractivity contribution in [3.8, 4) is 0 Å². The standard InChI is InChI=1S/C18H18Cl3N5O/c1-11-17(21)12(2)26(23-11)8-7-16(27)22-18-15(20)10-25(24-18)9-13-5-3-4-6-14(13)19/h3-6,10H,7-9H2,1-2H3,(H,22,24,27). The molecule has 0 unspecified atom stereocenters. The molecule has 0 radical (unpaired) electrons. The SMILES string of the molecule is Cc1nn(CCC(=O)Nc2nn(Cc3ccccc3Cl)cc2Cl)c(C)c1Cl. The van der Waals surface area contributed by atoms with Gasteiger partial charge in [0.2, 0.25) is 5.91 Å². The highest BCUT2D eigenvalue weighted by Crippen LogP contribution is 2.23. The third kappa shape index (κ3) is 4.64. The van der Waals surface area contributed by atoms with E-state index in [2.05, 4.69) is 15.5 Å². The number of amides is 1. The summed E-state index contributed by atoms with van der Waals surface area (Å²) in [6.07, 6.45) is 1.88. The van der Waals surface area contributed by atoms with E-state index in [1.807, 2.05) is 38.1 Å². The Morgan fingerprint density at radius 2 is 1.85 bits per heavy atom. The average Bonchev–Trinajstić information content (AvgIpc) is 3.09. The summed E-state index contributed by atoms with van der Waals surface area (Å²) in [5.41, 5.74) is 2.50. The van der Waals surface area contributed by atoms with Crippen molar-refractivity contribution in [1.82, 2.24) is 19.6 Å². The summed E-state index contributed by atoms with van der Waals surface area (Å²) >= 11 is 18.5. The molecular weight excluding hydrogens is 409 g/mol. The van der Waals surface area contributed by atoms with Crippen LogP contribution in [0.5, 0.6) is 0 Å². The first-order valence-electron chi connectivity index (χ1n) is 8.31. The summed E-state index contributed by atoms with van der Waals surface area (Å²) in [6.45, 7) is 4.58. The van der Waals surface area contributed by atoms with E-state index in [-0.39, 0.29) is 12.3 Å². The molecule has 9 heteroatoms. The molecular formula is C18H18Cl3N5O. The fourth-order valence-corrected chi connectivity index (χ4v) is 3.19. The molecule has 0 aliphatic rings. The lowest BCUT2D eigenvalue weighted by Crippen LogP contribution is -2.16. The van der Waals surface area contributed by atoms with Crippen LogP contribution < -0.4 is 5.32 Å². The summed E-state index contributed by atoms with van der Waals surface area (Å²) in [6, 6.07) is 7.50. The number of hydrogen-bond acceptors (Lipinski definition) is 3. The van der Waals surface area contributed by atoms with Gasteiger partial charge >= 0.3 is 0 Å². The summed E-state index contributed by atoms with van der Waals surface area (Å²) in [5.74, 6) is 0.115. The summed E-state index contributed by atoms with van der Waals surface area (Å²) < 4.78 is 3.36. The number of anilines is 1. The van der Waals surface area contributed by atoms with Crippen LogP contribution in [0.1, 0.15) is 23.4 Å². The minimum atomic E-state index is -0.205. The monoisotopic (exact) mass is 425 g/mol. The van der Waals surface area contributed by atoms with Crippen LogP contribution >= 0.6 is 34.8 Å². The van der Waals surface area contributed by atoms with Gasteiger partial charge in [-0.3, -0.25) is 14.2 Å². The summed E-state index contributed by atoms with van der Waals surface area (Å²) in [7, 11) is 0. The second-order valence-electron chi connectivity index (χ2n) is 6.12. The molecule has 2 heterocycles. The molecule has 0 aliphatic heterocycles. The highest BCUT2D eigenvalue weighted by Gasteiger charge is 2.14. The van der Waals surface area contributed by atoms with Gasteiger partial charge in [-0.15, -0.1) is 0 Å². The van der Waals surface area contributed by atoms with E-state index in [9.17, 15) is 4.79 Å². The van der Waals surface area contributed by atoms with Crippen molar-refractivity contribution in [3.05, 3.63) is 62.5 Å². The quantitative estimate of drug-likeness (QED) is 0.619. The predicted octanol–water partition coefficient (Wildman–Crippen LogP) is 4.73. The van der Waals surface area contributed by atoms with E-state index in [1.165, 1.54) is 0 Å².